The SMILES string of the molecule is COC(C)C(=O)Nc1cccc(NC(=O)N2CCCC2c2cccs2)c1. The number of thiophene rings is 1. The highest BCUT2D eigenvalue weighted by Gasteiger charge is 2.30. The Bertz CT molecular complexity index is 763. The molecule has 1 aromatic carbocycles. The van der Waals surface area contributed by atoms with Crippen molar-refractivity contribution >= 4 is 34.6 Å². The first-order chi connectivity index (χ1) is 12.6. The summed E-state index contributed by atoms with van der Waals surface area (Å²) in [6, 6.07) is 11.2. The van der Waals surface area contributed by atoms with Crippen LogP contribution in [0.5, 0.6) is 0 Å². The third-order valence-electron chi connectivity index (χ3n) is 4.49. The van der Waals surface area contributed by atoms with Crippen LogP contribution in [0.25, 0.3) is 0 Å². The summed E-state index contributed by atoms with van der Waals surface area (Å²) in [7, 11) is 1.49. The van der Waals surface area contributed by atoms with Crippen LogP contribution in [-0.2, 0) is 9.53 Å². The molecule has 138 valence electrons. The zero-order chi connectivity index (χ0) is 18.5. The van der Waals surface area contributed by atoms with E-state index in [1.807, 2.05) is 22.4 Å². The molecule has 3 rings (SSSR count). The van der Waals surface area contributed by atoms with Crippen LogP contribution in [0.1, 0.15) is 30.7 Å². The monoisotopic (exact) mass is 373 g/mol. The number of likely N-dealkylation sites (tertiary alicyclic amines) is 1. The van der Waals surface area contributed by atoms with E-state index in [1.165, 1.54) is 12.0 Å². The second-order valence-corrected chi connectivity index (χ2v) is 7.22. The van der Waals surface area contributed by atoms with Gasteiger partial charge in [-0.05, 0) is 49.4 Å². The fourth-order valence-electron chi connectivity index (χ4n) is 3.01. The molecule has 2 atom stereocenters. The average molecular weight is 373 g/mol. The Hall–Kier alpha value is -2.38. The van der Waals surface area contributed by atoms with Crippen molar-refractivity contribution in [3.8, 4) is 0 Å². The van der Waals surface area contributed by atoms with E-state index in [0.717, 1.165) is 19.4 Å². The lowest BCUT2D eigenvalue weighted by molar-refractivity contribution is -0.124. The lowest BCUT2D eigenvalue weighted by Crippen LogP contribution is -2.34. The van der Waals surface area contributed by atoms with Gasteiger partial charge in [0.1, 0.15) is 6.10 Å². The summed E-state index contributed by atoms with van der Waals surface area (Å²) < 4.78 is 5.01. The van der Waals surface area contributed by atoms with Gasteiger partial charge in [-0.25, -0.2) is 4.79 Å². The molecule has 0 saturated carbocycles. The van der Waals surface area contributed by atoms with Crippen LogP contribution in [0.15, 0.2) is 41.8 Å². The predicted octanol–water partition coefficient (Wildman–Crippen LogP) is 4.09. The number of anilines is 2. The quantitative estimate of drug-likeness (QED) is 0.829. The van der Waals surface area contributed by atoms with Crippen LogP contribution in [0.3, 0.4) is 0 Å². The Morgan fingerprint density at radius 2 is 2.00 bits per heavy atom. The van der Waals surface area contributed by atoms with E-state index in [4.69, 9.17) is 4.74 Å². The van der Waals surface area contributed by atoms with E-state index in [2.05, 4.69) is 16.7 Å². The van der Waals surface area contributed by atoms with Gasteiger partial charge < -0.3 is 20.3 Å². The molecule has 1 saturated heterocycles. The molecule has 2 N–H and O–H groups in total. The minimum Gasteiger partial charge on any atom is -0.372 e. The number of urea groups is 1. The summed E-state index contributed by atoms with van der Waals surface area (Å²) in [5, 5.41) is 7.76. The standard InChI is InChI=1S/C19H23N3O3S/c1-13(25-2)18(23)20-14-6-3-7-15(12-14)21-19(24)22-10-4-8-16(22)17-9-5-11-26-17/h3,5-7,9,11-13,16H,4,8,10H2,1-2H3,(H,20,23)(H,21,24). The summed E-state index contributed by atoms with van der Waals surface area (Å²) >= 11 is 1.68. The van der Waals surface area contributed by atoms with Gasteiger partial charge in [0.15, 0.2) is 0 Å². The highest BCUT2D eigenvalue weighted by Crippen LogP contribution is 2.34. The number of ether oxygens (including phenoxy) is 1. The fraction of sp³-hybridized carbons (Fsp3) is 0.368. The van der Waals surface area contributed by atoms with Crippen LogP contribution in [0.2, 0.25) is 0 Å². The summed E-state index contributed by atoms with van der Waals surface area (Å²) in [5.74, 6) is -0.228. The van der Waals surface area contributed by atoms with E-state index in [-0.39, 0.29) is 18.0 Å². The molecule has 2 unspecified atom stereocenters. The summed E-state index contributed by atoms with van der Waals surface area (Å²) in [6.07, 6.45) is 1.45. The van der Waals surface area contributed by atoms with Gasteiger partial charge in [0, 0.05) is 29.9 Å². The maximum atomic E-state index is 12.7. The smallest absolute Gasteiger partial charge is 0.322 e. The third kappa shape index (κ3) is 4.23. The molecule has 0 aliphatic carbocycles. The highest BCUT2D eigenvalue weighted by atomic mass is 32.1. The molecule has 2 aromatic rings. The van der Waals surface area contributed by atoms with Gasteiger partial charge in [0.2, 0.25) is 0 Å². The van der Waals surface area contributed by atoms with E-state index < -0.39 is 6.10 Å². The number of nitrogens with one attached hydrogen (secondary N) is 2. The largest absolute Gasteiger partial charge is 0.372 e. The van der Waals surface area contributed by atoms with Crippen molar-refractivity contribution in [1.82, 2.24) is 4.90 Å². The molecule has 0 spiro atoms. The molecule has 7 heteroatoms. The number of hydrogen-bond acceptors (Lipinski definition) is 4. The van der Waals surface area contributed by atoms with Gasteiger partial charge in [-0.15, -0.1) is 11.3 Å². The maximum Gasteiger partial charge on any atom is 0.322 e. The summed E-state index contributed by atoms with van der Waals surface area (Å²) in [4.78, 5) is 27.7. The molecule has 0 bridgehead atoms. The van der Waals surface area contributed by atoms with Crippen molar-refractivity contribution in [3.63, 3.8) is 0 Å². The number of nitrogens with zero attached hydrogens (tertiary/aromatic N) is 1. The van der Waals surface area contributed by atoms with Crippen molar-refractivity contribution in [3.05, 3.63) is 46.7 Å². The van der Waals surface area contributed by atoms with Crippen molar-refractivity contribution in [2.75, 3.05) is 24.3 Å². The van der Waals surface area contributed by atoms with Gasteiger partial charge in [-0.3, -0.25) is 4.79 Å². The van der Waals surface area contributed by atoms with Gasteiger partial charge >= 0.3 is 6.03 Å². The number of benzene rings is 1. The zero-order valence-electron chi connectivity index (χ0n) is 14.9. The molecule has 26 heavy (non-hydrogen) atoms. The van der Waals surface area contributed by atoms with Gasteiger partial charge in [0.05, 0.1) is 6.04 Å². The Morgan fingerprint density at radius 3 is 2.69 bits per heavy atom. The first-order valence-corrected chi connectivity index (χ1v) is 9.51. The summed E-state index contributed by atoms with van der Waals surface area (Å²) in [5.41, 5.74) is 1.27. The topological polar surface area (TPSA) is 70.7 Å². The fourth-order valence-corrected chi connectivity index (χ4v) is 3.88. The maximum absolute atomic E-state index is 12.7. The van der Waals surface area contributed by atoms with Gasteiger partial charge in [-0.2, -0.15) is 0 Å². The van der Waals surface area contributed by atoms with Crippen LogP contribution in [0.4, 0.5) is 16.2 Å². The van der Waals surface area contributed by atoms with Crippen LogP contribution in [0, 0.1) is 0 Å². The third-order valence-corrected chi connectivity index (χ3v) is 5.46. The molecule has 1 aliphatic heterocycles. The Kier molecular flexibility index (Phi) is 5.90. The number of carbonyl (C=O) groups excluding carboxylic acids is 2. The van der Waals surface area contributed by atoms with Crippen molar-refractivity contribution in [2.45, 2.75) is 31.9 Å². The average Bonchev–Trinajstić information content (AvgIpc) is 3.32. The van der Waals surface area contributed by atoms with Crippen molar-refractivity contribution < 1.29 is 14.3 Å². The molecule has 1 aliphatic rings. The number of methoxy groups -OCH3 is 1. The van der Waals surface area contributed by atoms with E-state index in [0.29, 0.717) is 11.4 Å². The molecular formula is C19H23N3O3S. The molecule has 6 nitrogen and oxygen atoms in total. The molecule has 2 heterocycles. The van der Waals surface area contributed by atoms with Crippen LogP contribution in [-0.4, -0.2) is 36.6 Å². The molecule has 0 radical (unpaired) electrons. The molecule has 1 fully saturated rings. The number of hydrogen-bond donors (Lipinski definition) is 2. The molecule has 3 amide bonds. The normalized spacial score (nSPS) is 17.8. The minimum absolute atomic E-state index is 0.116. The number of amides is 3. The predicted molar refractivity (Wildman–Crippen MR) is 104 cm³/mol. The van der Waals surface area contributed by atoms with Crippen molar-refractivity contribution in [1.29, 1.82) is 0 Å². The second-order valence-electron chi connectivity index (χ2n) is 6.24. The minimum atomic E-state index is -0.538. The van der Waals surface area contributed by atoms with E-state index in [1.54, 1.807) is 36.5 Å². The summed E-state index contributed by atoms with van der Waals surface area (Å²) in [6.45, 7) is 2.43. The van der Waals surface area contributed by atoms with Crippen LogP contribution < -0.4 is 10.6 Å². The Labute approximate surface area is 157 Å². The van der Waals surface area contributed by atoms with Crippen molar-refractivity contribution in [2.24, 2.45) is 0 Å². The van der Waals surface area contributed by atoms with E-state index >= 15 is 0 Å². The molecular weight excluding hydrogens is 350 g/mol. The zero-order valence-corrected chi connectivity index (χ0v) is 15.7. The lowest BCUT2D eigenvalue weighted by Gasteiger charge is -2.24. The first-order valence-electron chi connectivity index (χ1n) is 8.63. The van der Waals surface area contributed by atoms with Gasteiger partial charge in [0.25, 0.3) is 5.91 Å². The highest BCUT2D eigenvalue weighted by molar-refractivity contribution is 7.10. The Balaban J connectivity index is 1.66. The van der Waals surface area contributed by atoms with Gasteiger partial charge in [-0.1, -0.05) is 12.1 Å². The van der Waals surface area contributed by atoms with E-state index in [9.17, 15) is 9.59 Å². The number of rotatable bonds is 5. The Morgan fingerprint density at radius 1 is 1.23 bits per heavy atom. The van der Waals surface area contributed by atoms with Crippen LogP contribution >= 0.6 is 11.3 Å². The molecule has 1 aromatic heterocycles. The first kappa shape index (κ1) is 18.4. The second kappa shape index (κ2) is 8.33. The number of carbonyl (C=O) groups is 2. The lowest BCUT2D eigenvalue weighted by atomic mass is 10.2.